The third-order valence-corrected chi connectivity index (χ3v) is 4.80. The molecule has 1 aromatic carbocycles. The van der Waals surface area contributed by atoms with E-state index >= 15 is 0 Å². The molecule has 1 aliphatic heterocycles. The molecule has 2 heterocycles. The maximum Gasteiger partial charge on any atom is 0.278 e. The fourth-order valence-electron chi connectivity index (χ4n) is 3.36. The number of nitrogens with one attached hydrogen (secondary N) is 2. The lowest BCUT2D eigenvalue weighted by Crippen LogP contribution is -2.25. The van der Waals surface area contributed by atoms with Gasteiger partial charge in [0.25, 0.3) is 5.91 Å². The summed E-state index contributed by atoms with van der Waals surface area (Å²) in [6.07, 6.45) is 6.03. The van der Waals surface area contributed by atoms with Gasteiger partial charge in [0.15, 0.2) is 5.69 Å². The second kappa shape index (κ2) is 7.11. The maximum absolute atomic E-state index is 12.6. The average molecular weight is 352 g/mol. The van der Waals surface area contributed by atoms with Gasteiger partial charge in [-0.2, -0.15) is 5.10 Å². The van der Waals surface area contributed by atoms with E-state index in [1.54, 1.807) is 0 Å². The Labute approximate surface area is 150 Å². The lowest BCUT2D eigenvalue weighted by molar-refractivity contribution is -0.121. The van der Waals surface area contributed by atoms with Crippen molar-refractivity contribution in [1.82, 2.24) is 10.6 Å². The van der Waals surface area contributed by atoms with Gasteiger partial charge in [0, 0.05) is 30.5 Å². The van der Waals surface area contributed by atoms with Crippen molar-refractivity contribution in [2.75, 3.05) is 5.32 Å². The Morgan fingerprint density at radius 1 is 1.04 bits per heavy atom. The van der Waals surface area contributed by atoms with E-state index in [1.807, 2.05) is 24.3 Å². The van der Waals surface area contributed by atoms with Crippen molar-refractivity contribution in [3.8, 4) is 0 Å². The van der Waals surface area contributed by atoms with Gasteiger partial charge in [-0.15, -0.1) is 0 Å². The van der Waals surface area contributed by atoms with Crippen LogP contribution in [-0.4, -0.2) is 22.7 Å². The zero-order valence-corrected chi connectivity index (χ0v) is 14.4. The highest BCUT2D eigenvalue weighted by molar-refractivity contribution is 6.06. The summed E-state index contributed by atoms with van der Waals surface area (Å²) in [4.78, 5) is 23.7. The number of nitrogens with zero attached hydrogens (tertiary/aromatic N) is 2. The van der Waals surface area contributed by atoms with Crippen molar-refractivity contribution in [2.24, 2.45) is 5.10 Å². The Hall–Kier alpha value is -2.96. The van der Waals surface area contributed by atoms with E-state index in [4.69, 9.17) is 4.52 Å². The number of anilines is 1. The van der Waals surface area contributed by atoms with Crippen LogP contribution in [0.5, 0.6) is 0 Å². The number of hydrogen-bond donors (Lipinski definition) is 2. The average Bonchev–Trinajstić information content (AvgIpc) is 2.92. The van der Waals surface area contributed by atoms with Gasteiger partial charge in [-0.1, -0.05) is 23.7 Å². The molecule has 7 nitrogen and oxygen atoms in total. The largest absolute Gasteiger partial charge is 0.360 e. The number of aryl methyl sites for hydroxylation is 1. The molecule has 0 saturated heterocycles. The lowest BCUT2D eigenvalue weighted by atomic mass is 10.0. The molecule has 0 spiro atoms. The first-order chi connectivity index (χ1) is 12.7. The van der Waals surface area contributed by atoms with Crippen LogP contribution >= 0.6 is 0 Å². The van der Waals surface area contributed by atoms with Gasteiger partial charge in [0.05, 0.1) is 5.71 Å². The number of hydrazone groups is 1. The molecule has 2 amide bonds. The zero-order valence-electron chi connectivity index (χ0n) is 14.4. The zero-order chi connectivity index (χ0) is 17.9. The van der Waals surface area contributed by atoms with Gasteiger partial charge in [0.1, 0.15) is 5.76 Å². The number of hydrogen-bond acceptors (Lipinski definition) is 5. The molecule has 0 unspecified atom stereocenters. The van der Waals surface area contributed by atoms with E-state index in [9.17, 15) is 9.59 Å². The van der Waals surface area contributed by atoms with Crippen LogP contribution in [0.1, 0.15) is 59.5 Å². The molecule has 2 aromatic rings. The van der Waals surface area contributed by atoms with Crippen LogP contribution in [-0.2, 0) is 17.6 Å². The minimum absolute atomic E-state index is 0.0654. The quantitative estimate of drug-likeness (QED) is 0.830. The second-order valence-electron chi connectivity index (χ2n) is 6.62. The summed E-state index contributed by atoms with van der Waals surface area (Å²) in [6.45, 7) is 0. The third kappa shape index (κ3) is 3.37. The van der Waals surface area contributed by atoms with E-state index in [2.05, 4.69) is 21.0 Å². The smallest absolute Gasteiger partial charge is 0.278 e. The van der Waals surface area contributed by atoms with Crippen LogP contribution in [0.15, 0.2) is 33.9 Å². The minimum Gasteiger partial charge on any atom is -0.360 e. The van der Waals surface area contributed by atoms with E-state index in [1.165, 1.54) is 0 Å². The molecule has 134 valence electrons. The van der Waals surface area contributed by atoms with E-state index in [-0.39, 0.29) is 11.8 Å². The fraction of sp³-hybridized carbons (Fsp3) is 0.368. The van der Waals surface area contributed by atoms with Crippen molar-refractivity contribution in [3.05, 3.63) is 46.8 Å². The van der Waals surface area contributed by atoms with Crippen LogP contribution in [0.4, 0.5) is 5.69 Å². The monoisotopic (exact) mass is 352 g/mol. The van der Waals surface area contributed by atoms with E-state index < -0.39 is 0 Å². The second-order valence-corrected chi connectivity index (χ2v) is 6.62. The van der Waals surface area contributed by atoms with Crippen molar-refractivity contribution < 1.29 is 14.1 Å². The molecule has 0 atom stereocenters. The van der Waals surface area contributed by atoms with Gasteiger partial charge >= 0.3 is 0 Å². The molecule has 7 heteroatoms. The Bertz CT molecular complexity index is 867. The summed E-state index contributed by atoms with van der Waals surface area (Å²) < 4.78 is 5.37. The molecular weight excluding hydrogens is 332 g/mol. The number of fused-ring (bicyclic) bond motifs is 1. The number of carbonyl (C=O) groups excluding carboxylic acids is 2. The molecule has 0 radical (unpaired) electrons. The van der Waals surface area contributed by atoms with Gasteiger partial charge < -0.3 is 9.84 Å². The van der Waals surface area contributed by atoms with Crippen LogP contribution in [0.3, 0.4) is 0 Å². The molecule has 26 heavy (non-hydrogen) atoms. The number of aromatic nitrogens is 1. The summed E-state index contributed by atoms with van der Waals surface area (Å²) >= 11 is 0. The summed E-state index contributed by atoms with van der Waals surface area (Å²) in [7, 11) is 0. The molecule has 1 aliphatic carbocycles. The molecule has 0 fully saturated rings. The van der Waals surface area contributed by atoms with Crippen LogP contribution in [0.25, 0.3) is 0 Å². The van der Waals surface area contributed by atoms with E-state index in [0.717, 1.165) is 54.7 Å². The van der Waals surface area contributed by atoms with Crippen molar-refractivity contribution >= 4 is 23.2 Å². The molecule has 2 N–H and O–H groups in total. The van der Waals surface area contributed by atoms with Gasteiger partial charge in [-0.05, 0) is 37.0 Å². The maximum atomic E-state index is 12.6. The topological polar surface area (TPSA) is 96.6 Å². The summed E-state index contributed by atoms with van der Waals surface area (Å²) in [6, 6.07) is 7.42. The predicted molar refractivity (Wildman–Crippen MR) is 96.1 cm³/mol. The van der Waals surface area contributed by atoms with Gasteiger partial charge in [0.2, 0.25) is 5.91 Å². The summed E-state index contributed by atoms with van der Waals surface area (Å²) in [5, 5.41) is 10.9. The van der Waals surface area contributed by atoms with E-state index in [0.29, 0.717) is 24.2 Å². The molecule has 0 bridgehead atoms. The number of amides is 2. The predicted octanol–water partition coefficient (Wildman–Crippen LogP) is 2.81. The molecule has 1 aromatic heterocycles. The van der Waals surface area contributed by atoms with Crippen LogP contribution < -0.4 is 10.7 Å². The number of rotatable bonds is 3. The highest BCUT2D eigenvalue weighted by Crippen LogP contribution is 2.24. The lowest BCUT2D eigenvalue weighted by Gasteiger charge is -2.12. The van der Waals surface area contributed by atoms with Crippen LogP contribution in [0.2, 0.25) is 0 Å². The molecule has 2 aliphatic rings. The Morgan fingerprint density at radius 3 is 2.62 bits per heavy atom. The highest BCUT2D eigenvalue weighted by Gasteiger charge is 2.23. The summed E-state index contributed by atoms with van der Waals surface area (Å²) in [5.41, 5.74) is 6.28. The third-order valence-electron chi connectivity index (χ3n) is 4.80. The van der Waals surface area contributed by atoms with Crippen molar-refractivity contribution in [3.63, 3.8) is 0 Å². The molecule has 0 saturated carbocycles. The van der Waals surface area contributed by atoms with Gasteiger partial charge in [-0.3, -0.25) is 9.59 Å². The minimum atomic E-state index is -0.244. The SMILES string of the molecule is O=C1CCC(c2ccc(NC(=O)c3noc4c3CCCCC4)cc2)=NN1. The van der Waals surface area contributed by atoms with Crippen molar-refractivity contribution in [1.29, 1.82) is 0 Å². The fourth-order valence-corrected chi connectivity index (χ4v) is 3.36. The molecule has 4 rings (SSSR count). The first-order valence-electron chi connectivity index (χ1n) is 8.95. The van der Waals surface area contributed by atoms with Gasteiger partial charge in [-0.25, -0.2) is 5.43 Å². The summed E-state index contributed by atoms with van der Waals surface area (Å²) in [5.74, 6) is 0.539. The Morgan fingerprint density at radius 2 is 1.85 bits per heavy atom. The normalized spacial score (nSPS) is 16.9. The number of benzene rings is 1. The first-order valence-corrected chi connectivity index (χ1v) is 8.95. The molecular formula is C19H20N4O3. The first kappa shape index (κ1) is 16.5. The Balaban J connectivity index is 1.47. The number of carbonyl (C=O) groups is 2. The Kier molecular flexibility index (Phi) is 4.51. The van der Waals surface area contributed by atoms with Crippen molar-refractivity contribution in [2.45, 2.75) is 44.9 Å². The van der Waals surface area contributed by atoms with Crippen LogP contribution in [0, 0.1) is 0 Å². The standard InChI is InChI=1S/C19H20N4O3/c24-17-11-10-15(21-22-17)12-6-8-13(9-7-12)20-19(25)18-14-4-2-1-3-5-16(14)26-23-18/h6-9H,1-5,10-11H2,(H,20,25)(H,22,24). The highest BCUT2D eigenvalue weighted by atomic mass is 16.5.